The summed E-state index contributed by atoms with van der Waals surface area (Å²) in [6.07, 6.45) is 0.529. The average molecular weight is 271 g/mol. The Labute approximate surface area is 111 Å². The van der Waals surface area contributed by atoms with Gasteiger partial charge < -0.3 is 14.6 Å². The molecule has 1 N–H and O–H groups in total. The third-order valence-corrected chi connectivity index (χ3v) is 2.28. The smallest absolute Gasteiger partial charge is 0.333 e. The van der Waals surface area contributed by atoms with Crippen LogP contribution in [0.1, 0.15) is 13.3 Å². The van der Waals surface area contributed by atoms with Crippen LogP contribution in [0.15, 0.2) is 30.4 Å². The second-order valence-corrected chi connectivity index (χ2v) is 4.17. The van der Waals surface area contributed by atoms with Gasteiger partial charge in [0.25, 0.3) is 0 Å². The van der Waals surface area contributed by atoms with Gasteiger partial charge >= 0.3 is 5.97 Å². The van der Waals surface area contributed by atoms with Crippen LogP contribution in [0.5, 0.6) is 11.5 Å². The fourth-order valence-electron chi connectivity index (χ4n) is 1.14. The lowest BCUT2D eigenvalue weighted by Gasteiger charge is -2.08. The van der Waals surface area contributed by atoms with Crippen LogP contribution >= 0.6 is 11.6 Å². The van der Waals surface area contributed by atoms with E-state index >= 15 is 0 Å². The minimum absolute atomic E-state index is 0.0126. The minimum Gasteiger partial charge on any atom is -0.504 e. The van der Waals surface area contributed by atoms with Crippen molar-refractivity contribution in [1.82, 2.24) is 0 Å². The summed E-state index contributed by atoms with van der Waals surface area (Å²) in [6, 6.07) is 4.60. The van der Waals surface area contributed by atoms with E-state index in [1.807, 2.05) is 0 Å². The van der Waals surface area contributed by atoms with Gasteiger partial charge in [0.15, 0.2) is 11.5 Å². The number of esters is 1. The number of phenolic OH excluding ortho intramolecular Hbond substituents is 1. The first kappa shape index (κ1) is 14.4. The Kier molecular flexibility index (Phi) is 5.52. The lowest BCUT2D eigenvalue weighted by atomic mass is 10.3. The topological polar surface area (TPSA) is 55.8 Å². The van der Waals surface area contributed by atoms with Crippen molar-refractivity contribution in [2.24, 2.45) is 0 Å². The maximum atomic E-state index is 11.1. The predicted octanol–water partition coefficient (Wildman–Crippen LogP) is 2.93. The van der Waals surface area contributed by atoms with Gasteiger partial charge in [-0.1, -0.05) is 18.2 Å². The predicted molar refractivity (Wildman–Crippen MR) is 69.0 cm³/mol. The molecule has 0 aliphatic heterocycles. The molecule has 18 heavy (non-hydrogen) atoms. The third kappa shape index (κ3) is 4.67. The molecule has 0 spiro atoms. The Morgan fingerprint density at radius 2 is 2.17 bits per heavy atom. The van der Waals surface area contributed by atoms with Crippen LogP contribution in [-0.4, -0.2) is 24.3 Å². The normalized spacial score (nSPS) is 9.89. The van der Waals surface area contributed by atoms with Gasteiger partial charge in [-0.2, -0.15) is 0 Å². The van der Waals surface area contributed by atoms with Crippen molar-refractivity contribution >= 4 is 17.6 Å². The molecule has 0 radical (unpaired) electrons. The summed E-state index contributed by atoms with van der Waals surface area (Å²) < 4.78 is 10.2. The fourth-order valence-corrected chi connectivity index (χ4v) is 1.31. The SMILES string of the molecule is C=C(C)C(=O)OCCCOc1ccc(Cl)cc1O. The van der Waals surface area contributed by atoms with Crippen LogP contribution in [0.2, 0.25) is 5.02 Å². The van der Waals surface area contributed by atoms with Gasteiger partial charge in [-0.15, -0.1) is 0 Å². The summed E-state index contributed by atoms with van der Waals surface area (Å²) in [4.78, 5) is 11.1. The maximum absolute atomic E-state index is 11.1. The molecule has 1 aromatic carbocycles. The molecular weight excluding hydrogens is 256 g/mol. The van der Waals surface area contributed by atoms with E-state index in [0.29, 0.717) is 29.4 Å². The van der Waals surface area contributed by atoms with Crippen molar-refractivity contribution in [3.8, 4) is 11.5 Å². The Morgan fingerprint density at radius 3 is 2.78 bits per heavy atom. The van der Waals surface area contributed by atoms with E-state index in [4.69, 9.17) is 21.1 Å². The zero-order chi connectivity index (χ0) is 13.5. The largest absolute Gasteiger partial charge is 0.504 e. The van der Waals surface area contributed by atoms with E-state index in [1.54, 1.807) is 19.1 Å². The van der Waals surface area contributed by atoms with Crippen molar-refractivity contribution in [2.75, 3.05) is 13.2 Å². The van der Waals surface area contributed by atoms with Crippen LogP contribution in [0.25, 0.3) is 0 Å². The van der Waals surface area contributed by atoms with Crippen molar-refractivity contribution < 1.29 is 19.4 Å². The first-order valence-electron chi connectivity index (χ1n) is 5.44. The van der Waals surface area contributed by atoms with Crippen molar-refractivity contribution in [1.29, 1.82) is 0 Å². The molecule has 0 heterocycles. The number of hydrogen-bond donors (Lipinski definition) is 1. The van der Waals surface area contributed by atoms with Gasteiger partial charge in [-0.3, -0.25) is 0 Å². The Bertz CT molecular complexity index is 443. The van der Waals surface area contributed by atoms with Crippen molar-refractivity contribution in [3.63, 3.8) is 0 Å². The molecule has 4 nitrogen and oxygen atoms in total. The second kappa shape index (κ2) is 6.91. The maximum Gasteiger partial charge on any atom is 0.333 e. The zero-order valence-corrected chi connectivity index (χ0v) is 10.9. The lowest BCUT2D eigenvalue weighted by Crippen LogP contribution is -2.09. The third-order valence-electron chi connectivity index (χ3n) is 2.05. The van der Waals surface area contributed by atoms with Gasteiger partial charge in [0.05, 0.1) is 13.2 Å². The van der Waals surface area contributed by atoms with Gasteiger partial charge in [0.1, 0.15) is 0 Å². The summed E-state index contributed by atoms with van der Waals surface area (Å²) in [7, 11) is 0. The van der Waals surface area contributed by atoms with E-state index in [1.165, 1.54) is 6.07 Å². The molecule has 0 aromatic heterocycles. The molecule has 98 valence electrons. The molecule has 0 fully saturated rings. The number of phenols is 1. The molecule has 0 aliphatic rings. The van der Waals surface area contributed by atoms with Gasteiger partial charge in [0.2, 0.25) is 0 Å². The molecule has 0 unspecified atom stereocenters. The fraction of sp³-hybridized carbons (Fsp3) is 0.308. The number of ether oxygens (including phenoxy) is 2. The van der Waals surface area contributed by atoms with E-state index in [-0.39, 0.29) is 12.4 Å². The number of hydrogen-bond acceptors (Lipinski definition) is 4. The van der Waals surface area contributed by atoms with Crippen molar-refractivity contribution in [3.05, 3.63) is 35.4 Å². The molecule has 5 heteroatoms. The summed E-state index contributed by atoms with van der Waals surface area (Å²) >= 11 is 5.68. The monoisotopic (exact) mass is 270 g/mol. The van der Waals surface area contributed by atoms with Crippen LogP contribution in [-0.2, 0) is 9.53 Å². The minimum atomic E-state index is -0.413. The van der Waals surface area contributed by atoms with Gasteiger partial charge in [-0.05, 0) is 19.1 Å². The summed E-state index contributed by atoms with van der Waals surface area (Å²) in [5.74, 6) is -0.0728. The Hall–Kier alpha value is -1.68. The van der Waals surface area contributed by atoms with Crippen molar-refractivity contribution in [2.45, 2.75) is 13.3 Å². The zero-order valence-electron chi connectivity index (χ0n) is 10.1. The molecule has 0 amide bonds. The second-order valence-electron chi connectivity index (χ2n) is 3.73. The van der Waals surface area contributed by atoms with Gasteiger partial charge in [-0.25, -0.2) is 4.79 Å². The van der Waals surface area contributed by atoms with E-state index in [2.05, 4.69) is 6.58 Å². The number of carbonyl (C=O) groups excluding carboxylic acids is 1. The van der Waals surface area contributed by atoms with Gasteiger partial charge in [0, 0.05) is 23.1 Å². The van der Waals surface area contributed by atoms with E-state index < -0.39 is 5.97 Å². The highest BCUT2D eigenvalue weighted by molar-refractivity contribution is 6.30. The lowest BCUT2D eigenvalue weighted by molar-refractivity contribution is -0.139. The Balaban J connectivity index is 2.26. The summed E-state index contributed by atoms with van der Waals surface area (Å²) in [5, 5.41) is 9.94. The molecule has 0 saturated heterocycles. The molecule has 0 aliphatic carbocycles. The number of aromatic hydroxyl groups is 1. The molecule has 0 saturated carbocycles. The number of carbonyl (C=O) groups is 1. The number of halogens is 1. The van der Waals surface area contributed by atoms with Crippen LogP contribution < -0.4 is 4.74 Å². The quantitative estimate of drug-likeness (QED) is 0.491. The number of rotatable bonds is 6. The number of benzene rings is 1. The standard InChI is InChI=1S/C13H15ClO4/c1-9(2)13(16)18-7-3-6-17-12-5-4-10(14)8-11(12)15/h4-5,8,15H,1,3,6-7H2,2H3. The molecule has 0 atom stereocenters. The highest BCUT2D eigenvalue weighted by Crippen LogP contribution is 2.28. The molecule has 1 rings (SSSR count). The van der Waals surface area contributed by atoms with E-state index in [9.17, 15) is 9.90 Å². The van der Waals surface area contributed by atoms with E-state index in [0.717, 1.165) is 0 Å². The first-order valence-corrected chi connectivity index (χ1v) is 5.82. The van der Waals surface area contributed by atoms with Crippen LogP contribution in [0.3, 0.4) is 0 Å². The highest BCUT2D eigenvalue weighted by Gasteiger charge is 2.04. The van der Waals surface area contributed by atoms with Crippen LogP contribution in [0, 0.1) is 0 Å². The average Bonchev–Trinajstić information content (AvgIpc) is 2.30. The highest BCUT2D eigenvalue weighted by atomic mass is 35.5. The summed E-state index contributed by atoms with van der Waals surface area (Å²) in [5.41, 5.74) is 0.367. The van der Waals surface area contributed by atoms with Crippen LogP contribution in [0.4, 0.5) is 0 Å². The first-order chi connectivity index (χ1) is 8.50. The molecule has 1 aromatic rings. The Morgan fingerprint density at radius 1 is 1.44 bits per heavy atom. The molecular formula is C13H15ClO4. The summed E-state index contributed by atoms with van der Waals surface area (Å²) in [6.45, 7) is 5.64. The molecule has 0 bridgehead atoms.